The quantitative estimate of drug-likeness (QED) is 0.282. The number of nitrogens with one attached hydrogen (secondary N) is 1. The first kappa shape index (κ1) is 20.5. The molecule has 1 amide bonds. The van der Waals surface area contributed by atoms with Crippen LogP contribution >= 0.6 is 0 Å². The average molecular weight is 438 g/mol. The van der Waals surface area contributed by atoms with Gasteiger partial charge < -0.3 is 15.0 Å². The van der Waals surface area contributed by atoms with E-state index in [1.165, 1.54) is 4.90 Å². The van der Waals surface area contributed by atoms with E-state index >= 15 is 0 Å². The summed E-state index contributed by atoms with van der Waals surface area (Å²) < 4.78 is 0. The first-order valence-electron chi connectivity index (χ1n) is 10.5. The number of aromatic nitrogens is 2. The summed E-state index contributed by atoms with van der Waals surface area (Å²) in [6.45, 7) is 0. The molecule has 1 aliphatic rings. The van der Waals surface area contributed by atoms with Crippen LogP contribution in [-0.2, 0) is 9.59 Å². The number of hydrogen-bond acceptors (Lipinski definition) is 5. The third-order valence-corrected chi connectivity index (χ3v) is 5.93. The van der Waals surface area contributed by atoms with Gasteiger partial charge in [-0.3, -0.25) is 19.5 Å². The van der Waals surface area contributed by atoms with Crippen molar-refractivity contribution in [2.45, 2.75) is 6.04 Å². The number of fused-ring (bicyclic) bond motifs is 1. The summed E-state index contributed by atoms with van der Waals surface area (Å²) in [5.41, 5.74) is 3.50. The van der Waals surface area contributed by atoms with Gasteiger partial charge in [-0.1, -0.05) is 24.3 Å². The Morgan fingerprint density at radius 2 is 1.79 bits per heavy atom. The second-order valence-corrected chi connectivity index (χ2v) is 8.11. The van der Waals surface area contributed by atoms with Crippen molar-refractivity contribution < 1.29 is 14.7 Å². The molecule has 164 valence electrons. The summed E-state index contributed by atoms with van der Waals surface area (Å²) in [6.07, 6.45) is 4.89. The standard InChI is InChI=1S/C26H22N4O3/c1-29(2)17-9-11-18(12-10-17)30-23(16-6-5-13-27-14-16)22(25(32)26(30)33)24(31)20-15-28-21-8-4-3-7-19(20)21/h3-15,23,28,31H,1-2H3/b24-22-. The lowest BCUT2D eigenvalue weighted by Crippen LogP contribution is -2.29. The van der Waals surface area contributed by atoms with Crippen LogP contribution in [0.15, 0.2) is 84.8 Å². The molecule has 1 unspecified atom stereocenters. The van der Waals surface area contributed by atoms with E-state index in [1.807, 2.05) is 55.4 Å². The number of Topliss-reactive ketones (excluding diaryl/α,β-unsaturated/α-hetero) is 1. The minimum Gasteiger partial charge on any atom is -0.507 e. The lowest BCUT2D eigenvalue weighted by Gasteiger charge is -2.25. The maximum Gasteiger partial charge on any atom is 0.300 e. The topological polar surface area (TPSA) is 89.5 Å². The molecule has 0 saturated carbocycles. The molecule has 1 atom stereocenters. The Morgan fingerprint density at radius 1 is 1.03 bits per heavy atom. The van der Waals surface area contributed by atoms with Gasteiger partial charge in [-0.25, -0.2) is 0 Å². The minimum atomic E-state index is -0.808. The van der Waals surface area contributed by atoms with E-state index in [0.717, 1.165) is 16.6 Å². The number of rotatable bonds is 4. The zero-order valence-corrected chi connectivity index (χ0v) is 18.2. The van der Waals surface area contributed by atoms with Gasteiger partial charge in [-0.2, -0.15) is 0 Å². The molecule has 0 spiro atoms. The summed E-state index contributed by atoms with van der Waals surface area (Å²) in [6, 6.07) is 17.6. The van der Waals surface area contributed by atoms with Gasteiger partial charge in [-0.15, -0.1) is 0 Å². The minimum absolute atomic E-state index is 0.0365. The fraction of sp³-hybridized carbons (Fsp3) is 0.115. The fourth-order valence-electron chi connectivity index (χ4n) is 4.28. The third-order valence-electron chi connectivity index (χ3n) is 5.93. The number of aliphatic hydroxyl groups excluding tert-OH is 1. The Balaban J connectivity index is 1.71. The molecule has 1 fully saturated rings. The van der Waals surface area contributed by atoms with Gasteiger partial charge in [0.25, 0.3) is 11.7 Å². The lowest BCUT2D eigenvalue weighted by molar-refractivity contribution is -0.132. The molecule has 3 heterocycles. The first-order chi connectivity index (χ1) is 16.0. The molecule has 7 heteroatoms. The van der Waals surface area contributed by atoms with Gasteiger partial charge in [0.2, 0.25) is 0 Å². The maximum absolute atomic E-state index is 13.3. The molecule has 33 heavy (non-hydrogen) atoms. The van der Waals surface area contributed by atoms with Crippen molar-refractivity contribution in [2.24, 2.45) is 0 Å². The molecule has 0 bridgehead atoms. The number of benzene rings is 2. The van der Waals surface area contributed by atoms with E-state index < -0.39 is 17.7 Å². The predicted octanol–water partition coefficient (Wildman–Crippen LogP) is 4.26. The van der Waals surface area contributed by atoms with Crippen LogP contribution in [0.5, 0.6) is 0 Å². The zero-order valence-electron chi connectivity index (χ0n) is 18.2. The molecule has 4 aromatic rings. The Morgan fingerprint density at radius 3 is 2.48 bits per heavy atom. The molecule has 2 N–H and O–H groups in total. The van der Waals surface area contributed by atoms with Crippen molar-refractivity contribution in [1.82, 2.24) is 9.97 Å². The molecule has 5 rings (SSSR count). The smallest absolute Gasteiger partial charge is 0.300 e. The number of hydrogen-bond donors (Lipinski definition) is 2. The number of pyridine rings is 1. The van der Waals surface area contributed by atoms with Gasteiger partial charge in [-0.05, 0) is 42.0 Å². The highest BCUT2D eigenvalue weighted by Gasteiger charge is 2.47. The second kappa shape index (κ2) is 7.94. The van der Waals surface area contributed by atoms with E-state index in [9.17, 15) is 14.7 Å². The lowest BCUT2D eigenvalue weighted by atomic mass is 9.96. The van der Waals surface area contributed by atoms with E-state index in [-0.39, 0.29) is 11.3 Å². The Labute approximate surface area is 190 Å². The number of carbonyl (C=O) groups is 2. The fourth-order valence-corrected chi connectivity index (χ4v) is 4.28. The summed E-state index contributed by atoms with van der Waals surface area (Å²) in [5, 5.41) is 12.1. The average Bonchev–Trinajstić information content (AvgIpc) is 3.38. The number of aliphatic hydroxyl groups is 1. The number of aromatic amines is 1. The molecular weight excluding hydrogens is 416 g/mol. The van der Waals surface area contributed by atoms with E-state index in [0.29, 0.717) is 16.8 Å². The summed E-state index contributed by atoms with van der Waals surface area (Å²) in [5.74, 6) is -1.64. The van der Waals surface area contributed by atoms with Gasteiger partial charge >= 0.3 is 0 Å². The number of para-hydroxylation sites is 1. The molecule has 0 radical (unpaired) electrons. The van der Waals surface area contributed by atoms with Gasteiger partial charge in [0.1, 0.15) is 5.76 Å². The largest absolute Gasteiger partial charge is 0.507 e. The van der Waals surface area contributed by atoms with Crippen LogP contribution in [0.3, 0.4) is 0 Å². The van der Waals surface area contributed by atoms with Crippen LogP contribution in [0.25, 0.3) is 16.7 Å². The third kappa shape index (κ3) is 3.34. The molecule has 1 aliphatic heterocycles. The van der Waals surface area contributed by atoms with Crippen LogP contribution < -0.4 is 9.80 Å². The van der Waals surface area contributed by atoms with E-state index in [2.05, 4.69) is 9.97 Å². The molecule has 2 aromatic heterocycles. The van der Waals surface area contributed by atoms with Crippen LogP contribution in [0.1, 0.15) is 17.2 Å². The molecular formula is C26H22N4O3. The normalized spacial score (nSPS) is 17.6. The highest BCUT2D eigenvalue weighted by molar-refractivity contribution is 6.51. The summed E-state index contributed by atoms with van der Waals surface area (Å²) in [4.78, 5) is 37.2. The maximum atomic E-state index is 13.3. The highest BCUT2D eigenvalue weighted by Crippen LogP contribution is 2.43. The molecule has 7 nitrogen and oxygen atoms in total. The van der Waals surface area contributed by atoms with Crippen molar-refractivity contribution >= 4 is 39.7 Å². The van der Waals surface area contributed by atoms with Crippen molar-refractivity contribution in [3.05, 3.63) is 96.0 Å². The number of anilines is 2. The predicted molar refractivity (Wildman–Crippen MR) is 128 cm³/mol. The zero-order chi connectivity index (χ0) is 23.1. The number of H-pyrrole nitrogens is 1. The van der Waals surface area contributed by atoms with E-state index in [4.69, 9.17) is 0 Å². The van der Waals surface area contributed by atoms with Gasteiger partial charge in [0, 0.05) is 60.5 Å². The Hall–Kier alpha value is -4.39. The summed E-state index contributed by atoms with van der Waals surface area (Å²) in [7, 11) is 3.86. The van der Waals surface area contributed by atoms with Crippen LogP contribution in [0.4, 0.5) is 11.4 Å². The first-order valence-corrected chi connectivity index (χ1v) is 10.5. The Bertz CT molecular complexity index is 1390. The Kier molecular flexibility index (Phi) is 4.94. The monoisotopic (exact) mass is 438 g/mol. The second-order valence-electron chi connectivity index (χ2n) is 8.11. The number of nitrogens with zero attached hydrogens (tertiary/aromatic N) is 3. The van der Waals surface area contributed by atoms with Crippen molar-refractivity contribution in [1.29, 1.82) is 0 Å². The van der Waals surface area contributed by atoms with Crippen molar-refractivity contribution in [3.63, 3.8) is 0 Å². The highest BCUT2D eigenvalue weighted by atomic mass is 16.3. The number of amides is 1. The van der Waals surface area contributed by atoms with E-state index in [1.54, 1.807) is 42.9 Å². The van der Waals surface area contributed by atoms with Gasteiger partial charge in [0.05, 0.1) is 11.6 Å². The molecule has 1 saturated heterocycles. The number of carbonyl (C=O) groups excluding carboxylic acids is 2. The number of ketones is 1. The van der Waals surface area contributed by atoms with Crippen LogP contribution in [-0.4, -0.2) is 40.9 Å². The molecule has 0 aliphatic carbocycles. The van der Waals surface area contributed by atoms with Crippen molar-refractivity contribution in [3.8, 4) is 0 Å². The van der Waals surface area contributed by atoms with Gasteiger partial charge in [0.15, 0.2) is 0 Å². The van der Waals surface area contributed by atoms with Crippen molar-refractivity contribution in [2.75, 3.05) is 23.9 Å². The van der Waals surface area contributed by atoms with Crippen LogP contribution in [0.2, 0.25) is 0 Å². The SMILES string of the molecule is CN(C)c1ccc(N2C(=O)C(=O)/C(=C(\O)c3c[nH]c4ccccc34)C2c2cccnc2)cc1. The molecule has 2 aromatic carbocycles. The van der Waals surface area contributed by atoms with Crippen LogP contribution in [0, 0.1) is 0 Å². The summed E-state index contributed by atoms with van der Waals surface area (Å²) >= 11 is 0.